The van der Waals surface area contributed by atoms with Crippen molar-refractivity contribution in [2.75, 3.05) is 12.3 Å². The average molecular weight is 307 g/mol. The van der Waals surface area contributed by atoms with E-state index in [-0.39, 0.29) is 16.6 Å². The second-order valence-corrected chi connectivity index (χ2v) is 7.61. The lowest BCUT2D eigenvalue weighted by Crippen LogP contribution is -2.37. The maximum Gasteiger partial charge on any atom is 0.134 e. The van der Waals surface area contributed by atoms with Gasteiger partial charge >= 0.3 is 0 Å². The highest BCUT2D eigenvalue weighted by atomic mass is 32.2. The van der Waals surface area contributed by atoms with Gasteiger partial charge in [-0.05, 0) is 62.7 Å². The zero-order valence-corrected chi connectivity index (χ0v) is 13.4. The summed E-state index contributed by atoms with van der Waals surface area (Å²) in [5, 5.41) is 4.48. The van der Waals surface area contributed by atoms with Crippen LogP contribution in [0.3, 0.4) is 0 Å². The van der Waals surface area contributed by atoms with Gasteiger partial charge in [0.2, 0.25) is 0 Å². The van der Waals surface area contributed by atoms with E-state index in [4.69, 9.17) is 4.42 Å². The van der Waals surface area contributed by atoms with Crippen LogP contribution in [0.15, 0.2) is 28.7 Å². The molecule has 2 heterocycles. The molecule has 2 atom stereocenters. The molecule has 0 amide bonds. The standard InChI is InChI=1S/C17H22FNOS/c1-3-8-19-16(17(2)7-4-9-21-17)15-11-12-10-13(18)5-6-14(12)20-15/h5-6,10-11,16,19H,3-4,7-9H2,1-2H3. The summed E-state index contributed by atoms with van der Waals surface area (Å²) in [5.74, 6) is 1.92. The number of rotatable bonds is 5. The van der Waals surface area contributed by atoms with E-state index >= 15 is 0 Å². The summed E-state index contributed by atoms with van der Waals surface area (Å²) in [4.78, 5) is 0. The highest BCUT2D eigenvalue weighted by Crippen LogP contribution is 2.47. The summed E-state index contributed by atoms with van der Waals surface area (Å²) in [5.41, 5.74) is 0.765. The van der Waals surface area contributed by atoms with Crippen LogP contribution in [0.1, 0.15) is 44.9 Å². The summed E-state index contributed by atoms with van der Waals surface area (Å²) in [7, 11) is 0. The Morgan fingerprint density at radius 3 is 3.00 bits per heavy atom. The normalized spacial score (nSPS) is 23.8. The minimum absolute atomic E-state index is 0.154. The largest absolute Gasteiger partial charge is 0.459 e. The zero-order valence-electron chi connectivity index (χ0n) is 12.6. The molecule has 1 aromatic heterocycles. The van der Waals surface area contributed by atoms with Crippen molar-refractivity contribution in [3.8, 4) is 0 Å². The topological polar surface area (TPSA) is 25.2 Å². The van der Waals surface area contributed by atoms with Crippen LogP contribution in [0.4, 0.5) is 4.39 Å². The molecule has 0 saturated carbocycles. The van der Waals surface area contributed by atoms with Gasteiger partial charge in [0, 0.05) is 10.1 Å². The molecule has 2 unspecified atom stereocenters. The second kappa shape index (κ2) is 6.01. The van der Waals surface area contributed by atoms with Gasteiger partial charge in [-0.15, -0.1) is 0 Å². The first-order valence-corrected chi connectivity index (χ1v) is 8.67. The summed E-state index contributed by atoms with van der Waals surface area (Å²) < 4.78 is 19.5. The lowest BCUT2D eigenvalue weighted by Gasteiger charge is -2.32. The molecule has 0 spiro atoms. The zero-order chi connectivity index (χ0) is 14.9. The Morgan fingerprint density at radius 1 is 1.43 bits per heavy atom. The molecule has 0 radical (unpaired) electrons. The second-order valence-electron chi connectivity index (χ2n) is 5.98. The molecule has 1 aliphatic rings. The fourth-order valence-corrected chi connectivity index (χ4v) is 4.52. The van der Waals surface area contributed by atoms with Crippen LogP contribution >= 0.6 is 11.8 Å². The van der Waals surface area contributed by atoms with Crippen molar-refractivity contribution in [2.45, 2.75) is 43.9 Å². The van der Waals surface area contributed by atoms with Crippen LogP contribution in [0, 0.1) is 5.82 Å². The SMILES string of the molecule is CCCNC(c1cc2cc(F)ccc2o1)C1(C)CCCS1. The molecule has 3 rings (SSSR count). The third-order valence-electron chi connectivity index (χ3n) is 4.24. The minimum atomic E-state index is -0.214. The first-order chi connectivity index (χ1) is 10.1. The third kappa shape index (κ3) is 2.97. The van der Waals surface area contributed by atoms with Crippen molar-refractivity contribution in [3.63, 3.8) is 0 Å². The van der Waals surface area contributed by atoms with Gasteiger partial charge in [-0.3, -0.25) is 0 Å². The molecule has 0 aliphatic carbocycles. The molecule has 21 heavy (non-hydrogen) atoms. The van der Waals surface area contributed by atoms with Gasteiger partial charge in [0.15, 0.2) is 0 Å². The van der Waals surface area contributed by atoms with Gasteiger partial charge < -0.3 is 9.73 Å². The predicted molar refractivity (Wildman–Crippen MR) is 87.3 cm³/mol. The summed E-state index contributed by atoms with van der Waals surface area (Å²) in [6.07, 6.45) is 3.52. The molecule has 1 N–H and O–H groups in total. The summed E-state index contributed by atoms with van der Waals surface area (Å²) >= 11 is 2.01. The third-order valence-corrected chi connectivity index (χ3v) is 5.83. The number of hydrogen-bond donors (Lipinski definition) is 1. The van der Waals surface area contributed by atoms with Gasteiger partial charge in [0.25, 0.3) is 0 Å². The van der Waals surface area contributed by atoms with Gasteiger partial charge in [0.05, 0.1) is 6.04 Å². The van der Waals surface area contributed by atoms with E-state index in [0.29, 0.717) is 0 Å². The van der Waals surface area contributed by atoms with E-state index in [9.17, 15) is 4.39 Å². The fourth-order valence-electron chi connectivity index (χ4n) is 3.11. The predicted octanol–water partition coefficient (Wildman–Crippen LogP) is 4.90. The quantitative estimate of drug-likeness (QED) is 0.850. The molecule has 1 fully saturated rings. The van der Waals surface area contributed by atoms with Crippen LogP contribution in [0.5, 0.6) is 0 Å². The van der Waals surface area contributed by atoms with Crippen molar-refractivity contribution in [3.05, 3.63) is 35.8 Å². The Labute approximate surface area is 129 Å². The lowest BCUT2D eigenvalue weighted by molar-refractivity contribution is 0.355. The number of furan rings is 1. The van der Waals surface area contributed by atoms with Crippen LogP contribution in [0.2, 0.25) is 0 Å². The van der Waals surface area contributed by atoms with Gasteiger partial charge in [-0.2, -0.15) is 11.8 Å². The Morgan fingerprint density at radius 2 is 2.29 bits per heavy atom. The maximum absolute atomic E-state index is 13.4. The summed E-state index contributed by atoms with van der Waals surface area (Å²) in [6, 6.07) is 6.89. The number of nitrogens with one attached hydrogen (secondary N) is 1. The Balaban J connectivity index is 1.96. The molecule has 1 saturated heterocycles. The minimum Gasteiger partial charge on any atom is -0.459 e. The molecule has 1 aliphatic heterocycles. The Bertz CT molecular complexity index is 618. The highest BCUT2D eigenvalue weighted by Gasteiger charge is 2.40. The molecular weight excluding hydrogens is 285 g/mol. The van der Waals surface area contributed by atoms with Crippen molar-refractivity contribution >= 4 is 22.7 Å². The molecule has 4 heteroatoms. The molecule has 2 nitrogen and oxygen atoms in total. The number of halogens is 1. The molecule has 114 valence electrons. The Hall–Kier alpha value is -1.000. The molecule has 2 aromatic rings. The average Bonchev–Trinajstić information content (AvgIpc) is 3.06. The number of fused-ring (bicyclic) bond motifs is 1. The van der Waals surface area contributed by atoms with E-state index < -0.39 is 0 Å². The van der Waals surface area contributed by atoms with E-state index in [2.05, 4.69) is 19.2 Å². The van der Waals surface area contributed by atoms with Gasteiger partial charge in [-0.1, -0.05) is 6.92 Å². The van der Waals surface area contributed by atoms with Crippen LogP contribution in [-0.4, -0.2) is 17.0 Å². The van der Waals surface area contributed by atoms with Crippen LogP contribution < -0.4 is 5.32 Å². The van der Waals surface area contributed by atoms with Crippen molar-refractivity contribution in [2.24, 2.45) is 0 Å². The lowest BCUT2D eigenvalue weighted by atomic mass is 9.94. The van der Waals surface area contributed by atoms with Crippen LogP contribution in [-0.2, 0) is 0 Å². The van der Waals surface area contributed by atoms with E-state index in [1.807, 2.05) is 17.8 Å². The van der Waals surface area contributed by atoms with E-state index in [1.165, 1.54) is 24.7 Å². The number of thioether (sulfide) groups is 1. The highest BCUT2D eigenvalue weighted by molar-refractivity contribution is 8.00. The monoisotopic (exact) mass is 307 g/mol. The first-order valence-electron chi connectivity index (χ1n) is 7.69. The number of hydrogen-bond acceptors (Lipinski definition) is 3. The van der Waals surface area contributed by atoms with Gasteiger partial charge in [0.1, 0.15) is 17.2 Å². The first kappa shape index (κ1) is 14.9. The van der Waals surface area contributed by atoms with Crippen LogP contribution in [0.25, 0.3) is 11.0 Å². The van der Waals surface area contributed by atoms with E-state index in [0.717, 1.165) is 29.7 Å². The van der Waals surface area contributed by atoms with Gasteiger partial charge in [-0.25, -0.2) is 4.39 Å². The summed E-state index contributed by atoms with van der Waals surface area (Å²) in [6.45, 7) is 5.44. The Kier molecular flexibility index (Phi) is 4.27. The molecule has 1 aromatic carbocycles. The fraction of sp³-hybridized carbons (Fsp3) is 0.529. The molecular formula is C17H22FNOS. The van der Waals surface area contributed by atoms with Crippen molar-refractivity contribution in [1.82, 2.24) is 5.32 Å². The maximum atomic E-state index is 13.4. The number of benzene rings is 1. The smallest absolute Gasteiger partial charge is 0.134 e. The molecule has 0 bridgehead atoms. The van der Waals surface area contributed by atoms with Crippen molar-refractivity contribution in [1.29, 1.82) is 0 Å². The van der Waals surface area contributed by atoms with Crippen molar-refractivity contribution < 1.29 is 8.81 Å². The van der Waals surface area contributed by atoms with E-state index in [1.54, 1.807) is 12.1 Å².